The van der Waals surface area contributed by atoms with Crippen LogP contribution in [0.4, 0.5) is 0 Å². The van der Waals surface area contributed by atoms with Crippen LogP contribution in [0.15, 0.2) is 30.3 Å². The van der Waals surface area contributed by atoms with Gasteiger partial charge in [-0.1, -0.05) is 43.2 Å². The molecule has 14 heavy (non-hydrogen) atoms. The third-order valence-electron chi connectivity index (χ3n) is 4.27. The summed E-state index contributed by atoms with van der Waals surface area (Å²) in [7, 11) is 0. The Bertz CT molecular complexity index is 302. The Hall–Kier alpha value is -0.780. The predicted octanol–water partition coefficient (Wildman–Crippen LogP) is 3.91. The Kier molecular flexibility index (Phi) is 1.90. The monoisotopic (exact) mass is 186 g/mol. The minimum atomic E-state index is 0.623. The van der Waals surface area contributed by atoms with Crippen LogP contribution in [0.3, 0.4) is 0 Å². The molecule has 0 amide bonds. The average molecular weight is 186 g/mol. The van der Waals surface area contributed by atoms with Gasteiger partial charge in [0.2, 0.25) is 0 Å². The van der Waals surface area contributed by atoms with Gasteiger partial charge in [-0.25, -0.2) is 0 Å². The lowest BCUT2D eigenvalue weighted by atomic mass is 9.82. The quantitative estimate of drug-likeness (QED) is 0.657. The molecule has 0 saturated heterocycles. The second-order valence-corrected chi connectivity index (χ2v) is 5.00. The summed E-state index contributed by atoms with van der Waals surface area (Å²) in [4.78, 5) is 0. The fourth-order valence-corrected chi connectivity index (χ4v) is 3.32. The van der Waals surface area contributed by atoms with E-state index in [-0.39, 0.29) is 0 Å². The lowest BCUT2D eigenvalue weighted by Gasteiger charge is -2.23. The van der Waals surface area contributed by atoms with Crippen LogP contribution in [0.5, 0.6) is 0 Å². The van der Waals surface area contributed by atoms with Gasteiger partial charge in [-0.05, 0) is 42.6 Å². The van der Waals surface area contributed by atoms with E-state index in [1.807, 2.05) is 0 Å². The van der Waals surface area contributed by atoms with Gasteiger partial charge in [0.1, 0.15) is 0 Å². The maximum absolute atomic E-state index is 2.34. The molecule has 0 unspecified atom stereocenters. The summed E-state index contributed by atoms with van der Waals surface area (Å²) in [6, 6.07) is 11.2. The van der Waals surface area contributed by atoms with Crippen molar-refractivity contribution in [1.82, 2.24) is 0 Å². The van der Waals surface area contributed by atoms with Crippen molar-refractivity contribution in [3.05, 3.63) is 35.9 Å². The molecule has 74 valence electrons. The standard InChI is InChI=1S/C14H18/c1-2-6-12(7-3-1)14(10-11-14)13-8-4-5-9-13/h1-3,6-7,13H,4-5,8-11H2. The maximum Gasteiger partial charge on any atom is -0.00181 e. The zero-order valence-corrected chi connectivity index (χ0v) is 8.71. The highest BCUT2D eigenvalue weighted by molar-refractivity contribution is 5.32. The van der Waals surface area contributed by atoms with Crippen molar-refractivity contribution in [3.8, 4) is 0 Å². The topological polar surface area (TPSA) is 0 Å². The Morgan fingerprint density at radius 2 is 1.57 bits per heavy atom. The maximum atomic E-state index is 2.34. The third kappa shape index (κ3) is 1.20. The predicted molar refractivity (Wildman–Crippen MR) is 59.3 cm³/mol. The average Bonchev–Trinajstić information content (AvgIpc) is 2.88. The van der Waals surface area contributed by atoms with Gasteiger partial charge in [0.05, 0.1) is 0 Å². The van der Waals surface area contributed by atoms with Gasteiger partial charge in [0.25, 0.3) is 0 Å². The van der Waals surface area contributed by atoms with Gasteiger partial charge in [-0.2, -0.15) is 0 Å². The van der Waals surface area contributed by atoms with Crippen LogP contribution < -0.4 is 0 Å². The van der Waals surface area contributed by atoms with Gasteiger partial charge >= 0.3 is 0 Å². The first kappa shape index (κ1) is 8.52. The van der Waals surface area contributed by atoms with Crippen molar-refractivity contribution in [3.63, 3.8) is 0 Å². The Morgan fingerprint density at radius 3 is 2.14 bits per heavy atom. The molecule has 2 aliphatic rings. The van der Waals surface area contributed by atoms with E-state index < -0.39 is 0 Å². The summed E-state index contributed by atoms with van der Waals surface area (Å²) in [5.41, 5.74) is 2.24. The molecule has 0 spiro atoms. The molecule has 0 heterocycles. The number of hydrogen-bond donors (Lipinski definition) is 0. The van der Waals surface area contributed by atoms with Gasteiger partial charge < -0.3 is 0 Å². The van der Waals surface area contributed by atoms with E-state index in [9.17, 15) is 0 Å². The molecule has 0 heteroatoms. The van der Waals surface area contributed by atoms with Crippen molar-refractivity contribution in [1.29, 1.82) is 0 Å². The van der Waals surface area contributed by atoms with E-state index in [1.54, 1.807) is 5.56 Å². The molecule has 1 aromatic rings. The smallest absolute Gasteiger partial charge is 0.00181 e. The zero-order chi connectivity index (χ0) is 9.43. The second-order valence-electron chi connectivity index (χ2n) is 5.00. The lowest BCUT2D eigenvalue weighted by Crippen LogP contribution is -2.17. The highest BCUT2D eigenvalue weighted by atomic mass is 14.5. The first-order valence-corrected chi connectivity index (χ1v) is 5.97. The highest BCUT2D eigenvalue weighted by Crippen LogP contribution is 2.58. The molecule has 2 aliphatic carbocycles. The van der Waals surface area contributed by atoms with Gasteiger partial charge in [-0.3, -0.25) is 0 Å². The van der Waals surface area contributed by atoms with Crippen LogP contribution in [0, 0.1) is 5.92 Å². The molecule has 3 rings (SSSR count). The molecule has 0 aromatic heterocycles. The SMILES string of the molecule is c1ccc(C2(C3CCCC3)CC2)cc1. The molecule has 0 bridgehead atoms. The van der Waals surface area contributed by atoms with Gasteiger partial charge in [-0.15, -0.1) is 0 Å². The Balaban J connectivity index is 1.89. The first-order valence-electron chi connectivity index (χ1n) is 5.97. The molecule has 1 aromatic carbocycles. The minimum Gasteiger partial charge on any atom is -0.0622 e. The molecule has 2 saturated carbocycles. The van der Waals surface area contributed by atoms with Crippen LogP contribution in [0.2, 0.25) is 0 Å². The van der Waals surface area contributed by atoms with Crippen LogP contribution >= 0.6 is 0 Å². The molecular weight excluding hydrogens is 168 g/mol. The molecule has 0 nitrogen and oxygen atoms in total. The number of hydrogen-bond acceptors (Lipinski definition) is 0. The molecule has 0 aliphatic heterocycles. The summed E-state index contributed by atoms with van der Waals surface area (Å²) in [5.74, 6) is 1.00. The van der Waals surface area contributed by atoms with Crippen molar-refractivity contribution in [2.75, 3.05) is 0 Å². The van der Waals surface area contributed by atoms with E-state index in [0.29, 0.717) is 5.41 Å². The summed E-state index contributed by atoms with van der Waals surface area (Å²) in [5, 5.41) is 0. The normalized spacial score (nSPS) is 25.1. The number of benzene rings is 1. The fraction of sp³-hybridized carbons (Fsp3) is 0.571. The van der Waals surface area contributed by atoms with Crippen molar-refractivity contribution in [2.24, 2.45) is 5.92 Å². The van der Waals surface area contributed by atoms with Crippen LogP contribution in [-0.2, 0) is 5.41 Å². The Labute approximate surface area is 86.3 Å². The van der Waals surface area contributed by atoms with Crippen molar-refractivity contribution < 1.29 is 0 Å². The molecule has 0 atom stereocenters. The Morgan fingerprint density at radius 1 is 0.929 bits per heavy atom. The van der Waals surface area contributed by atoms with Crippen LogP contribution in [-0.4, -0.2) is 0 Å². The lowest BCUT2D eigenvalue weighted by molar-refractivity contribution is 0.415. The largest absolute Gasteiger partial charge is 0.0622 e. The molecule has 0 radical (unpaired) electrons. The first-order chi connectivity index (χ1) is 6.92. The summed E-state index contributed by atoms with van der Waals surface area (Å²) < 4.78 is 0. The molecule has 0 N–H and O–H groups in total. The van der Waals surface area contributed by atoms with Crippen molar-refractivity contribution >= 4 is 0 Å². The summed E-state index contributed by atoms with van der Waals surface area (Å²) in [6.07, 6.45) is 8.80. The highest BCUT2D eigenvalue weighted by Gasteiger charge is 2.50. The minimum absolute atomic E-state index is 0.623. The summed E-state index contributed by atoms with van der Waals surface area (Å²) >= 11 is 0. The van der Waals surface area contributed by atoms with E-state index in [1.165, 1.54) is 38.5 Å². The second kappa shape index (κ2) is 3.12. The van der Waals surface area contributed by atoms with Gasteiger partial charge in [0, 0.05) is 0 Å². The zero-order valence-electron chi connectivity index (χ0n) is 8.71. The van der Waals surface area contributed by atoms with Gasteiger partial charge in [0.15, 0.2) is 0 Å². The molecular formula is C14H18. The van der Waals surface area contributed by atoms with E-state index >= 15 is 0 Å². The summed E-state index contributed by atoms with van der Waals surface area (Å²) in [6.45, 7) is 0. The third-order valence-corrected chi connectivity index (χ3v) is 4.27. The van der Waals surface area contributed by atoms with E-state index in [4.69, 9.17) is 0 Å². The van der Waals surface area contributed by atoms with Crippen molar-refractivity contribution in [2.45, 2.75) is 43.9 Å². The van der Waals surface area contributed by atoms with Crippen LogP contribution in [0.25, 0.3) is 0 Å². The number of rotatable bonds is 2. The van der Waals surface area contributed by atoms with Crippen LogP contribution in [0.1, 0.15) is 44.1 Å². The van der Waals surface area contributed by atoms with E-state index in [2.05, 4.69) is 30.3 Å². The van der Waals surface area contributed by atoms with E-state index in [0.717, 1.165) is 5.92 Å². The molecule has 2 fully saturated rings. The fourth-order valence-electron chi connectivity index (χ4n) is 3.32.